The highest BCUT2D eigenvalue weighted by molar-refractivity contribution is 4.69. The molecule has 0 rings (SSSR count). The largest absolute Gasteiger partial charge is 0.383 e. The molecule has 0 saturated heterocycles. The van der Waals surface area contributed by atoms with Gasteiger partial charge < -0.3 is 30.9 Å². The minimum absolute atomic E-state index is 0.00877. The van der Waals surface area contributed by atoms with Crippen molar-refractivity contribution < 1.29 is 25.2 Å². The van der Waals surface area contributed by atoms with Gasteiger partial charge in [0, 0.05) is 13.2 Å². The number of aliphatic hydroxyl groups excluding tert-OH is 3. The molecule has 0 saturated carbocycles. The Balaban J connectivity index is 3.42. The quantitative estimate of drug-likeness (QED) is 0.117. The number of aliphatic hydroxyl groups is 4. The Kier molecular flexibility index (Phi) is 20.8. The molecule has 0 aromatic rings. The number of hydrogen-bond donors (Lipinski definition) is 6. The third-order valence-electron chi connectivity index (χ3n) is 5.30. The summed E-state index contributed by atoms with van der Waals surface area (Å²) in [7, 11) is 1.63. The number of hydrogen-bond acceptors (Lipinski definition) is 7. The second kappa shape index (κ2) is 21.0. The molecule has 0 radical (unpaired) electrons. The van der Waals surface area contributed by atoms with E-state index < -0.39 is 18.7 Å². The van der Waals surface area contributed by atoms with E-state index in [9.17, 15) is 10.2 Å². The Morgan fingerprint density at radius 2 is 1.10 bits per heavy atom. The molecule has 0 aliphatic heterocycles. The number of unbranched alkanes of at least 4 members (excludes halogenated alkanes) is 11. The van der Waals surface area contributed by atoms with E-state index in [1.165, 1.54) is 51.4 Å². The molecule has 0 aromatic heterocycles. The predicted molar refractivity (Wildman–Crippen MR) is 117 cm³/mol. The highest BCUT2D eigenvalue weighted by Gasteiger charge is 2.14. The fourth-order valence-corrected chi connectivity index (χ4v) is 3.58. The first kappa shape index (κ1) is 28.7. The van der Waals surface area contributed by atoms with Crippen molar-refractivity contribution in [2.45, 2.75) is 128 Å². The third-order valence-corrected chi connectivity index (χ3v) is 5.30. The van der Waals surface area contributed by atoms with Crippen molar-refractivity contribution in [1.82, 2.24) is 5.32 Å². The summed E-state index contributed by atoms with van der Waals surface area (Å²) in [5, 5.41) is 40.0. The topological polar surface area (TPSA) is 128 Å². The number of nitrogens with two attached hydrogens (primary N) is 1. The smallest absolute Gasteiger partial charge is 0.151 e. The van der Waals surface area contributed by atoms with E-state index in [1.807, 2.05) is 0 Å². The van der Waals surface area contributed by atoms with E-state index in [0.717, 1.165) is 32.1 Å². The average molecular weight is 421 g/mol. The van der Waals surface area contributed by atoms with Crippen molar-refractivity contribution in [2.24, 2.45) is 5.73 Å². The average Bonchev–Trinajstić information content (AvgIpc) is 2.66. The molecule has 0 fully saturated rings. The van der Waals surface area contributed by atoms with Gasteiger partial charge in [0.2, 0.25) is 0 Å². The van der Waals surface area contributed by atoms with Crippen molar-refractivity contribution in [3.8, 4) is 0 Å². The maximum Gasteiger partial charge on any atom is 0.151 e. The lowest BCUT2D eigenvalue weighted by Gasteiger charge is -2.22. The maximum absolute atomic E-state index is 10.1. The van der Waals surface area contributed by atoms with Crippen LogP contribution in [-0.2, 0) is 4.74 Å². The fourth-order valence-electron chi connectivity index (χ4n) is 3.58. The van der Waals surface area contributed by atoms with Crippen molar-refractivity contribution in [3.63, 3.8) is 0 Å². The van der Waals surface area contributed by atoms with Gasteiger partial charge in [0.25, 0.3) is 0 Å². The summed E-state index contributed by atoms with van der Waals surface area (Å²) in [5.41, 5.74) is 5.38. The van der Waals surface area contributed by atoms with Crippen LogP contribution in [0.4, 0.5) is 0 Å². The molecule has 29 heavy (non-hydrogen) atoms. The molecular formula is C22H48N2O5. The maximum atomic E-state index is 10.1. The Bertz CT molecular complexity index is 332. The van der Waals surface area contributed by atoms with Crippen LogP contribution in [0.5, 0.6) is 0 Å². The molecule has 0 aromatic carbocycles. The number of rotatable bonds is 22. The van der Waals surface area contributed by atoms with Crippen LogP contribution in [0.2, 0.25) is 0 Å². The minimum atomic E-state index is -1.14. The van der Waals surface area contributed by atoms with Crippen molar-refractivity contribution >= 4 is 0 Å². The lowest BCUT2D eigenvalue weighted by Crippen LogP contribution is -2.41. The van der Waals surface area contributed by atoms with Crippen molar-refractivity contribution in [3.05, 3.63) is 0 Å². The molecule has 176 valence electrons. The zero-order chi connectivity index (χ0) is 21.7. The lowest BCUT2D eigenvalue weighted by atomic mass is 10.0. The zero-order valence-corrected chi connectivity index (χ0v) is 18.6. The molecular weight excluding hydrogens is 372 g/mol. The normalized spacial score (nSPS) is 15.0. The number of methoxy groups -OCH3 is 1. The zero-order valence-electron chi connectivity index (χ0n) is 18.6. The van der Waals surface area contributed by atoms with Crippen LogP contribution in [0.15, 0.2) is 0 Å². The van der Waals surface area contributed by atoms with E-state index in [-0.39, 0.29) is 6.04 Å². The second-order valence-corrected chi connectivity index (χ2v) is 8.28. The molecule has 0 amide bonds. The first-order valence-corrected chi connectivity index (χ1v) is 11.7. The van der Waals surface area contributed by atoms with Gasteiger partial charge in [-0.25, -0.2) is 0 Å². The van der Waals surface area contributed by atoms with E-state index >= 15 is 0 Å². The SMILES string of the molecule is COCC(CCC(N)O)NC(O)CCCCCCCCCCCCCCC(O)O. The van der Waals surface area contributed by atoms with Crippen LogP contribution in [0.25, 0.3) is 0 Å². The molecule has 3 unspecified atom stereocenters. The van der Waals surface area contributed by atoms with E-state index in [2.05, 4.69) is 5.32 Å². The molecule has 0 aliphatic rings. The Morgan fingerprint density at radius 3 is 1.52 bits per heavy atom. The highest BCUT2D eigenvalue weighted by atomic mass is 16.5. The standard InChI is InChI=1S/C22H48N2O5/c1-29-18-19(16-17-20(23)25)24-21(26)14-12-10-8-6-4-2-3-5-7-9-11-13-15-22(27)28/h19-22,24-28H,2-18,23H2,1H3. The van der Waals surface area contributed by atoms with Gasteiger partial charge in [0.05, 0.1) is 6.61 Å². The minimum Gasteiger partial charge on any atom is -0.383 e. The van der Waals surface area contributed by atoms with Crippen LogP contribution in [0.3, 0.4) is 0 Å². The van der Waals surface area contributed by atoms with Crippen LogP contribution >= 0.6 is 0 Å². The molecule has 0 bridgehead atoms. The third kappa shape index (κ3) is 22.2. The van der Waals surface area contributed by atoms with Gasteiger partial charge in [-0.1, -0.05) is 64.2 Å². The van der Waals surface area contributed by atoms with Gasteiger partial charge in [-0.15, -0.1) is 0 Å². The van der Waals surface area contributed by atoms with Gasteiger partial charge in [-0.3, -0.25) is 5.32 Å². The van der Waals surface area contributed by atoms with Gasteiger partial charge in [0.15, 0.2) is 6.29 Å². The first-order chi connectivity index (χ1) is 14.0. The van der Waals surface area contributed by atoms with Crippen LogP contribution in [-0.4, -0.2) is 58.9 Å². The lowest BCUT2D eigenvalue weighted by molar-refractivity contribution is -0.0466. The van der Waals surface area contributed by atoms with E-state index in [0.29, 0.717) is 25.9 Å². The van der Waals surface area contributed by atoms with Crippen molar-refractivity contribution in [2.75, 3.05) is 13.7 Å². The van der Waals surface area contributed by atoms with E-state index in [1.54, 1.807) is 7.11 Å². The van der Waals surface area contributed by atoms with Crippen LogP contribution < -0.4 is 11.1 Å². The summed E-state index contributed by atoms with van der Waals surface area (Å²) >= 11 is 0. The number of ether oxygens (including phenoxy) is 1. The molecule has 7 heteroatoms. The monoisotopic (exact) mass is 420 g/mol. The van der Waals surface area contributed by atoms with Crippen molar-refractivity contribution in [1.29, 1.82) is 0 Å². The Hall–Kier alpha value is -0.280. The first-order valence-electron chi connectivity index (χ1n) is 11.7. The summed E-state index contributed by atoms with van der Waals surface area (Å²) in [6.45, 7) is 0.496. The summed E-state index contributed by atoms with van der Waals surface area (Å²) in [5.74, 6) is 0. The molecule has 3 atom stereocenters. The molecule has 0 heterocycles. The summed E-state index contributed by atoms with van der Waals surface area (Å²) in [4.78, 5) is 0. The Labute approximate surface area is 178 Å². The highest BCUT2D eigenvalue weighted by Crippen LogP contribution is 2.13. The van der Waals surface area contributed by atoms with Gasteiger partial charge in [0.1, 0.15) is 12.5 Å². The summed E-state index contributed by atoms with van der Waals surface area (Å²) in [6, 6.07) is 0.00877. The fraction of sp³-hybridized carbons (Fsp3) is 1.00. The van der Waals surface area contributed by atoms with Gasteiger partial charge in [-0.05, 0) is 38.5 Å². The van der Waals surface area contributed by atoms with Gasteiger partial charge >= 0.3 is 0 Å². The summed E-state index contributed by atoms with van der Waals surface area (Å²) < 4.78 is 5.15. The van der Waals surface area contributed by atoms with E-state index in [4.69, 9.17) is 20.7 Å². The molecule has 0 aliphatic carbocycles. The summed E-state index contributed by atoms with van der Waals surface area (Å²) in [6.07, 6.45) is 14.1. The van der Waals surface area contributed by atoms with Gasteiger partial charge in [-0.2, -0.15) is 0 Å². The number of nitrogens with one attached hydrogen (secondary N) is 1. The Morgan fingerprint density at radius 1 is 0.655 bits per heavy atom. The van der Waals surface area contributed by atoms with Crippen LogP contribution in [0, 0.1) is 0 Å². The molecule has 7 nitrogen and oxygen atoms in total. The predicted octanol–water partition coefficient (Wildman–Crippen LogP) is 2.74. The van der Waals surface area contributed by atoms with Crippen LogP contribution in [0.1, 0.15) is 103 Å². The molecule has 7 N–H and O–H groups in total. The second-order valence-electron chi connectivity index (χ2n) is 8.28. The molecule has 0 spiro atoms.